The second kappa shape index (κ2) is 9.05. The lowest BCUT2D eigenvalue weighted by Crippen LogP contribution is -2.20. The molecule has 0 spiro atoms. The Kier molecular flexibility index (Phi) is 6.50. The fraction of sp³-hybridized carbons (Fsp3) is 0.417. The van der Waals surface area contributed by atoms with E-state index in [-0.39, 0.29) is 5.43 Å². The van der Waals surface area contributed by atoms with Crippen molar-refractivity contribution in [2.75, 3.05) is 5.32 Å². The Morgan fingerprint density at radius 1 is 1.14 bits per heavy atom. The number of nitrogens with one attached hydrogen (secondary N) is 1. The zero-order valence-corrected chi connectivity index (χ0v) is 17.5. The Morgan fingerprint density at radius 3 is 2.43 bits per heavy atom. The highest BCUT2D eigenvalue weighted by Gasteiger charge is 2.21. The van der Waals surface area contributed by atoms with Gasteiger partial charge >= 0.3 is 0 Å². The molecule has 2 aromatic heterocycles. The summed E-state index contributed by atoms with van der Waals surface area (Å²) in [6.45, 7) is 9.00. The van der Waals surface area contributed by atoms with Gasteiger partial charge in [-0.3, -0.25) is 4.79 Å². The van der Waals surface area contributed by atoms with Crippen molar-refractivity contribution in [2.24, 2.45) is 0 Å². The summed E-state index contributed by atoms with van der Waals surface area (Å²) in [7, 11) is 0. The van der Waals surface area contributed by atoms with E-state index in [0.717, 1.165) is 54.5 Å². The number of nitrogens with zero attached hydrogens (tertiary/aromatic N) is 2. The number of benzene rings is 1. The summed E-state index contributed by atoms with van der Waals surface area (Å²) in [4.78, 5) is 17.5. The highest BCUT2D eigenvalue weighted by molar-refractivity contribution is 5.79. The summed E-state index contributed by atoms with van der Waals surface area (Å²) in [5.41, 5.74) is 5.54. The van der Waals surface area contributed by atoms with E-state index in [1.165, 1.54) is 11.1 Å². The van der Waals surface area contributed by atoms with Gasteiger partial charge in [-0.25, -0.2) is 4.98 Å². The first kappa shape index (κ1) is 20.1. The standard InChI is InChI=1S/C22H25N3O.C2H6/c1-3-7-17-14-25(4-2)22-20(21(17)26)12-19(13-23-22)24-18-10-15-8-5-6-9-16(15)11-18;1-2/h5-6,8-9,12-14,18,24H,3-4,7,10-11H2,1-2H3;1-2H3. The predicted molar refractivity (Wildman–Crippen MR) is 118 cm³/mol. The zero-order chi connectivity index (χ0) is 20.1. The number of hydrogen-bond donors (Lipinski definition) is 1. The molecular formula is C24H31N3O. The topological polar surface area (TPSA) is 46.9 Å². The molecule has 0 unspecified atom stereocenters. The SMILES string of the molecule is CC.CCCc1cn(CC)c2ncc(NC3Cc4ccccc4C3)cc2c1=O. The number of aryl methyl sites for hydroxylation is 2. The lowest BCUT2D eigenvalue weighted by molar-refractivity contribution is 0.758. The molecule has 2 heterocycles. The minimum absolute atomic E-state index is 0.123. The van der Waals surface area contributed by atoms with Crippen molar-refractivity contribution < 1.29 is 0 Å². The number of fused-ring (bicyclic) bond motifs is 2. The van der Waals surface area contributed by atoms with Gasteiger partial charge in [0.05, 0.1) is 17.3 Å². The summed E-state index contributed by atoms with van der Waals surface area (Å²) >= 11 is 0. The van der Waals surface area contributed by atoms with Crippen LogP contribution in [-0.2, 0) is 25.8 Å². The van der Waals surface area contributed by atoms with Gasteiger partial charge in [0.2, 0.25) is 0 Å². The van der Waals surface area contributed by atoms with E-state index in [2.05, 4.69) is 53.0 Å². The van der Waals surface area contributed by atoms with Crippen LogP contribution < -0.4 is 10.7 Å². The van der Waals surface area contributed by atoms with Gasteiger partial charge in [-0.1, -0.05) is 51.5 Å². The van der Waals surface area contributed by atoms with E-state index >= 15 is 0 Å². The van der Waals surface area contributed by atoms with Crippen molar-refractivity contribution in [3.63, 3.8) is 0 Å². The third-order valence-electron chi connectivity index (χ3n) is 5.27. The van der Waals surface area contributed by atoms with Crippen LogP contribution in [0.2, 0.25) is 0 Å². The van der Waals surface area contributed by atoms with E-state index in [1.54, 1.807) is 0 Å². The minimum atomic E-state index is 0.123. The second-order valence-corrected chi connectivity index (χ2v) is 7.13. The van der Waals surface area contributed by atoms with E-state index in [0.29, 0.717) is 6.04 Å². The van der Waals surface area contributed by atoms with Gasteiger partial charge in [0.1, 0.15) is 5.65 Å². The lowest BCUT2D eigenvalue weighted by Gasteiger charge is -2.15. The quantitative estimate of drug-likeness (QED) is 0.682. The average Bonchev–Trinajstić information content (AvgIpc) is 3.14. The van der Waals surface area contributed by atoms with Crippen LogP contribution in [0, 0.1) is 0 Å². The van der Waals surface area contributed by atoms with Crippen molar-refractivity contribution in [2.45, 2.75) is 66.0 Å². The second-order valence-electron chi connectivity index (χ2n) is 7.13. The largest absolute Gasteiger partial charge is 0.380 e. The molecule has 1 aliphatic rings. The molecular weight excluding hydrogens is 346 g/mol. The summed E-state index contributed by atoms with van der Waals surface area (Å²) in [6, 6.07) is 10.9. The fourth-order valence-electron chi connectivity index (χ4n) is 4.00. The highest BCUT2D eigenvalue weighted by atomic mass is 16.1. The maximum atomic E-state index is 12.9. The smallest absolute Gasteiger partial charge is 0.194 e. The fourth-order valence-corrected chi connectivity index (χ4v) is 4.00. The highest BCUT2D eigenvalue weighted by Crippen LogP contribution is 2.25. The number of aromatic nitrogens is 2. The van der Waals surface area contributed by atoms with Gasteiger partial charge in [0.25, 0.3) is 0 Å². The van der Waals surface area contributed by atoms with Crippen molar-refractivity contribution >= 4 is 16.7 Å². The predicted octanol–water partition coefficient (Wildman–Crippen LogP) is 4.97. The van der Waals surface area contributed by atoms with Gasteiger partial charge in [-0.2, -0.15) is 0 Å². The molecule has 4 rings (SSSR count). The van der Waals surface area contributed by atoms with Crippen LogP contribution in [0.5, 0.6) is 0 Å². The van der Waals surface area contributed by atoms with Gasteiger partial charge in [0.15, 0.2) is 5.43 Å². The third kappa shape index (κ3) is 3.96. The lowest BCUT2D eigenvalue weighted by atomic mass is 10.1. The zero-order valence-electron chi connectivity index (χ0n) is 17.5. The first-order valence-electron chi connectivity index (χ1n) is 10.5. The number of hydrogen-bond acceptors (Lipinski definition) is 3. The van der Waals surface area contributed by atoms with Gasteiger partial charge in [-0.15, -0.1) is 0 Å². The number of rotatable bonds is 5. The van der Waals surface area contributed by atoms with Crippen LogP contribution in [0.1, 0.15) is 50.8 Å². The molecule has 0 atom stereocenters. The van der Waals surface area contributed by atoms with Crippen molar-refractivity contribution in [3.8, 4) is 0 Å². The molecule has 4 heteroatoms. The van der Waals surface area contributed by atoms with E-state index in [1.807, 2.05) is 32.3 Å². The van der Waals surface area contributed by atoms with E-state index in [4.69, 9.17) is 0 Å². The molecule has 1 N–H and O–H groups in total. The van der Waals surface area contributed by atoms with Gasteiger partial charge in [-0.05, 0) is 43.4 Å². The molecule has 0 bridgehead atoms. The minimum Gasteiger partial charge on any atom is -0.380 e. The molecule has 0 saturated heterocycles. The van der Waals surface area contributed by atoms with Crippen molar-refractivity contribution in [1.82, 2.24) is 9.55 Å². The molecule has 3 aromatic rings. The molecule has 148 valence electrons. The normalized spacial score (nSPS) is 13.1. The van der Waals surface area contributed by atoms with Crippen LogP contribution in [-0.4, -0.2) is 15.6 Å². The molecule has 0 saturated carbocycles. The molecule has 1 aromatic carbocycles. The monoisotopic (exact) mass is 377 g/mol. The first-order valence-corrected chi connectivity index (χ1v) is 10.5. The van der Waals surface area contributed by atoms with Crippen LogP contribution in [0.15, 0.2) is 47.5 Å². The van der Waals surface area contributed by atoms with Crippen LogP contribution in [0.25, 0.3) is 11.0 Å². The van der Waals surface area contributed by atoms with Crippen molar-refractivity contribution in [1.29, 1.82) is 0 Å². The Balaban J connectivity index is 0.00000109. The van der Waals surface area contributed by atoms with Crippen molar-refractivity contribution in [3.05, 3.63) is 69.6 Å². The third-order valence-corrected chi connectivity index (χ3v) is 5.27. The van der Waals surface area contributed by atoms with Crippen LogP contribution >= 0.6 is 0 Å². The first-order chi connectivity index (χ1) is 13.7. The summed E-state index contributed by atoms with van der Waals surface area (Å²) < 4.78 is 2.08. The van der Waals surface area contributed by atoms with Gasteiger partial charge < -0.3 is 9.88 Å². The summed E-state index contributed by atoms with van der Waals surface area (Å²) in [5, 5.41) is 4.31. The number of anilines is 1. The Hall–Kier alpha value is -2.62. The molecule has 0 fully saturated rings. The Bertz CT molecular complexity index is 981. The molecule has 0 amide bonds. The molecule has 28 heavy (non-hydrogen) atoms. The molecule has 1 aliphatic carbocycles. The summed E-state index contributed by atoms with van der Waals surface area (Å²) in [6.07, 6.45) is 7.64. The number of pyridine rings is 2. The Labute approximate surface area is 167 Å². The summed E-state index contributed by atoms with van der Waals surface area (Å²) in [5.74, 6) is 0. The van der Waals surface area contributed by atoms with Crippen LogP contribution in [0.3, 0.4) is 0 Å². The van der Waals surface area contributed by atoms with Crippen LogP contribution in [0.4, 0.5) is 5.69 Å². The molecule has 4 nitrogen and oxygen atoms in total. The average molecular weight is 378 g/mol. The van der Waals surface area contributed by atoms with Gasteiger partial charge in [0, 0.05) is 24.3 Å². The van der Waals surface area contributed by atoms with E-state index in [9.17, 15) is 4.79 Å². The maximum Gasteiger partial charge on any atom is 0.194 e. The Morgan fingerprint density at radius 2 is 1.82 bits per heavy atom. The molecule has 0 radical (unpaired) electrons. The maximum absolute atomic E-state index is 12.9. The molecule has 0 aliphatic heterocycles. The van der Waals surface area contributed by atoms with E-state index < -0.39 is 0 Å².